The number of likely N-dealkylation sites (tertiary alicyclic amines) is 2. The predicted octanol–water partition coefficient (Wildman–Crippen LogP) is 10.8. The summed E-state index contributed by atoms with van der Waals surface area (Å²) in [5, 5.41) is 21.0. The molecule has 326 valence electrons. The number of ether oxygens (including phenoxy) is 1. The van der Waals surface area contributed by atoms with Crippen LogP contribution in [0.5, 0.6) is 5.75 Å². The molecule has 2 aliphatic heterocycles. The Morgan fingerprint density at radius 1 is 0.645 bits per heavy atom. The van der Waals surface area contributed by atoms with Crippen LogP contribution in [0.25, 0.3) is 21.8 Å². The SMILES string of the molecule is CCCCCn1cc(C2CCN(Cc3cccc(C(=O)O)c3)CC2)c2ccccc21.O=C(O)Cc1cccc(OCCN2CCC(c3cn(CC4CC4)c4ccccc34)CC2)c1. The molecule has 9 rings (SSSR count). The third-order valence-corrected chi connectivity index (χ3v) is 13.4. The monoisotopic (exact) mass is 836 g/mol. The normalized spacial score (nSPS) is 16.7. The minimum atomic E-state index is -0.856. The fourth-order valence-corrected chi connectivity index (χ4v) is 9.79. The minimum absolute atomic E-state index is 0.0295. The maximum Gasteiger partial charge on any atom is 0.335 e. The van der Waals surface area contributed by atoms with Gasteiger partial charge in [-0.15, -0.1) is 0 Å². The van der Waals surface area contributed by atoms with Crippen molar-refractivity contribution in [2.45, 2.75) is 103 Å². The second-order valence-electron chi connectivity index (χ2n) is 17.9. The van der Waals surface area contributed by atoms with Crippen molar-refractivity contribution < 1.29 is 24.5 Å². The highest BCUT2D eigenvalue weighted by Crippen LogP contribution is 2.38. The van der Waals surface area contributed by atoms with Crippen LogP contribution in [0, 0.1) is 5.92 Å². The van der Waals surface area contributed by atoms with E-state index in [-0.39, 0.29) is 6.42 Å². The van der Waals surface area contributed by atoms with Crippen LogP contribution in [0.4, 0.5) is 0 Å². The van der Waals surface area contributed by atoms with E-state index in [4.69, 9.17) is 9.84 Å². The fraction of sp³-hybridized carbons (Fsp3) is 0.434. The van der Waals surface area contributed by atoms with Gasteiger partial charge >= 0.3 is 11.9 Å². The molecule has 1 aliphatic carbocycles. The number of piperidine rings is 2. The number of unbranched alkanes of at least 4 members (excludes halogenated alkanes) is 2. The predicted molar refractivity (Wildman–Crippen MR) is 248 cm³/mol. The zero-order valence-corrected chi connectivity index (χ0v) is 36.5. The van der Waals surface area contributed by atoms with Gasteiger partial charge in [0.2, 0.25) is 0 Å². The van der Waals surface area contributed by atoms with Crippen LogP contribution in [0.15, 0.2) is 109 Å². The summed E-state index contributed by atoms with van der Waals surface area (Å²) < 4.78 is 10.9. The number of aromatic carboxylic acids is 1. The number of carboxylic acid groups (broad SMARTS) is 2. The summed E-state index contributed by atoms with van der Waals surface area (Å²) in [5.41, 5.74) is 8.05. The van der Waals surface area contributed by atoms with Crippen molar-refractivity contribution >= 4 is 33.7 Å². The molecule has 2 saturated heterocycles. The highest BCUT2D eigenvalue weighted by atomic mass is 16.5. The Morgan fingerprint density at radius 2 is 1.26 bits per heavy atom. The molecule has 4 heterocycles. The molecule has 4 aromatic carbocycles. The van der Waals surface area contributed by atoms with Crippen molar-refractivity contribution in [1.82, 2.24) is 18.9 Å². The topological polar surface area (TPSA) is 100 Å². The molecule has 6 aromatic rings. The van der Waals surface area contributed by atoms with Crippen molar-refractivity contribution in [3.63, 3.8) is 0 Å². The van der Waals surface area contributed by atoms with Gasteiger partial charge in [-0.25, -0.2) is 4.79 Å². The summed E-state index contributed by atoms with van der Waals surface area (Å²) in [6, 6.07) is 32.5. The Kier molecular flexibility index (Phi) is 14.4. The smallest absolute Gasteiger partial charge is 0.335 e. The first-order valence-corrected chi connectivity index (χ1v) is 23.2. The molecule has 9 heteroatoms. The van der Waals surface area contributed by atoms with E-state index in [0.717, 1.165) is 81.4 Å². The van der Waals surface area contributed by atoms with Gasteiger partial charge < -0.3 is 24.1 Å². The maximum atomic E-state index is 11.2. The number of hydrogen-bond donors (Lipinski definition) is 2. The number of rotatable bonds is 17. The first-order valence-electron chi connectivity index (χ1n) is 23.2. The molecule has 3 aliphatic rings. The van der Waals surface area contributed by atoms with Crippen LogP contribution in [0.3, 0.4) is 0 Å². The van der Waals surface area contributed by atoms with E-state index >= 15 is 0 Å². The van der Waals surface area contributed by atoms with Gasteiger partial charge in [0.25, 0.3) is 0 Å². The van der Waals surface area contributed by atoms with Gasteiger partial charge in [0, 0.05) is 60.4 Å². The molecule has 0 spiro atoms. The van der Waals surface area contributed by atoms with Crippen molar-refractivity contribution in [1.29, 1.82) is 0 Å². The number of fused-ring (bicyclic) bond motifs is 2. The van der Waals surface area contributed by atoms with Crippen LogP contribution in [0.2, 0.25) is 0 Å². The number of hydrogen-bond acceptors (Lipinski definition) is 5. The van der Waals surface area contributed by atoms with E-state index in [1.54, 1.807) is 12.1 Å². The van der Waals surface area contributed by atoms with Crippen molar-refractivity contribution in [2.24, 2.45) is 5.92 Å². The van der Waals surface area contributed by atoms with Crippen LogP contribution < -0.4 is 4.74 Å². The van der Waals surface area contributed by atoms with Gasteiger partial charge in [-0.3, -0.25) is 14.6 Å². The summed E-state index contributed by atoms with van der Waals surface area (Å²) in [6.45, 7) is 11.2. The molecule has 0 radical (unpaired) electrons. The third kappa shape index (κ3) is 11.2. The number of carboxylic acids is 2. The molecular formula is C53H64N4O5. The molecule has 2 N–H and O–H groups in total. The molecule has 9 nitrogen and oxygen atoms in total. The van der Waals surface area contributed by atoms with Gasteiger partial charge in [-0.2, -0.15) is 0 Å². The lowest BCUT2D eigenvalue weighted by Gasteiger charge is -2.32. The standard InChI is InChI=1S/C27H32N2O3.C26H32N2O2/c30-27(31)17-21-4-3-5-23(16-21)32-15-14-28-12-10-22(11-13-28)25-19-29(18-20-8-9-20)26-7-2-1-6-24(25)26;1-2-3-6-14-28-19-24(23-10-4-5-11-25(23)28)21-12-15-27(16-13-21)18-20-8-7-9-22(17-20)26(29)30/h1-7,16,19-20,22H,8-15,17-18H2,(H,30,31);4-5,7-11,17,19,21H,2-3,6,12-16,18H2,1H3,(H,29,30). The Hall–Kier alpha value is -5.38. The summed E-state index contributed by atoms with van der Waals surface area (Å²) >= 11 is 0. The largest absolute Gasteiger partial charge is 0.492 e. The van der Waals surface area contributed by atoms with Crippen LogP contribution in [-0.4, -0.2) is 80.4 Å². The van der Waals surface area contributed by atoms with Gasteiger partial charge in [0.1, 0.15) is 12.4 Å². The molecule has 62 heavy (non-hydrogen) atoms. The summed E-state index contributed by atoms with van der Waals surface area (Å²) in [5.74, 6) is 1.19. The minimum Gasteiger partial charge on any atom is -0.492 e. The number of aromatic nitrogens is 2. The van der Waals surface area contributed by atoms with E-state index in [0.29, 0.717) is 24.0 Å². The van der Waals surface area contributed by atoms with Gasteiger partial charge in [0.05, 0.1) is 12.0 Å². The molecular weight excluding hydrogens is 773 g/mol. The van der Waals surface area contributed by atoms with E-state index in [1.807, 2.05) is 36.4 Å². The Morgan fingerprint density at radius 3 is 1.90 bits per heavy atom. The number of aliphatic carboxylic acids is 1. The first-order chi connectivity index (χ1) is 30.3. The number of carbonyl (C=O) groups is 2. The summed E-state index contributed by atoms with van der Waals surface area (Å²) in [4.78, 5) is 27.1. The first kappa shape index (κ1) is 43.3. The Bertz CT molecular complexity index is 2410. The fourth-order valence-electron chi connectivity index (χ4n) is 9.79. The van der Waals surface area contributed by atoms with Gasteiger partial charge in [-0.1, -0.05) is 80.4 Å². The summed E-state index contributed by atoms with van der Waals surface area (Å²) in [7, 11) is 0. The molecule has 0 unspecified atom stereocenters. The molecule has 2 aromatic heterocycles. The van der Waals surface area contributed by atoms with Crippen LogP contribution in [-0.2, 0) is 30.8 Å². The van der Waals surface area contributed by atoms with E-state index in [1.165, 1.54) is 84.4 Å². The van der Waals surface area contributed by atoms with Crippen LogP contribution in [0.1, 0.15) is 109 Å². The van der Waals surface area contributed by atoms with Crippen LogP contribution >= 0.6 is 0 Å². The zero-order valence-electron chi connectivity index (χ0n) is 36.5. The number of nitrogens with zero attached hydrogens (tertiary/aromatic N) is 4. The average molecular weight is 837 g/mol. The second kappa shape index (κ2) is 20.7. The molecule has 0 amide bonds. The Labute approximate surface area is 366 Å². The zero-order chi connectivity index (χ0) is 42.8. The average Bonchev–Trinajstić information content (AvgIpc) is 3.93. The lowest BCUT2D eigenvalue weighted by Crippen LogP contribution is -2.35. The summed E-state index contributed by atoms with van der Waals surface area (Å²) in [6.07, 6.45) is 16.1. The van der Waals surface area contributed by atoms with Crippen molar-refractivity contribution in [3.8, 4) is 5.75 Å². The van der Waals surface area contributed by atoms with E-state index in [2.05, 4.69) is 86.8 Å². The highest BCUT2D eigenvalue weighted by Gasteiger charge is 2.27. The maximum absolute atomic E-state index is 11.2. The highest BCUT2D eigenvalue weighted by molar-refractivity contribution is 5.88. The number of aryl methyl sites for hydroxylation is 1. The lowest BCUT2D eigenvalue weighted by atomic mass is 9.89. The van der Waals surface area contributed by atoms with E-state index < -0.39 is 11.9 Å². The van der Waals surface area contributed by atoms with E-state index in [9.17, 15) is 14.7 Å². The Balaban J connectivity index is 0.000000171. The van der Waals surface area contributed by atoms with Gasteiger partial charge in [0.15, 0.2) is 0 Å². The number of para-hydroxylation sites is 2. The van der Waals surface area contributed by atoms with Gasteiger partial charge in [-0.05, 0) is 148 Å². The third-order valence-electron chi connectivity index (χ3n) is 13.4. The molecule has 0 atom stereocenters. The molecule has 1 saturated carbocycles. The quantitative estimate of drug-likeness (QED) is 0.0883. The van der Waals surface area contributed by atoms with Crippen molar-refractivity contribution in [2.75, 3.05) is 39.3 Å². The lowest BCUT2D eigenvalue weighted by molar-refractivity contribution is -0.136. The molecule has 0 bridgehead atoms. The van der Waals surface area contributed by atoms with Crippen molar-refractivity contribution in [3.05, 3.63) is 137 Å². The second-order valence-corrected chi connectivity index (χ2v) is 17.9. The number of benzene rings is 4. The molecule has 3 fully saturated rings.